The van der Waals surface area contributed by atoms with E-state index in [0.717, 1.165) is 24.0 Å². The lowest BCUT2D eigenvalue weighted by Crippen LogP contribution is -2.43. The van der Waals surface area contributed by atoms with Gasteiger partial charge in [0.1, 0.15) is 11.3 Å². The zero-order valence-electron chi connectivity index (χ0n) is 11.5. The van der Waals surface area contributed by atoms with Crippen LogP contribution in [0.4, 0.5) is 0 Å². The largest absolute Gasteiger partial charge is 0.383 e. The molecule has 1 aliphatic rings. The van der Waals surface area contributed by atoms with Crippen LogP contribution >= 0.6 is 11.6 Å². The lowest BCUT2D eigenvalue weighted by Gasteiger charge is -2.34. The van der Waals surface area contributed by atoms with Crippen molar-refractivity contribution in [3.05, 3.63) is 58.4 Å². The first kappa shape index (κ1) is 14.2. The highest BCUT2D eigenvalue weighted by atomic mass is 35.5. The van der Waals surface area contributed by atoms with E-state index in [1.807, 2.05) is 24.3 Å². The van der Waals surface area contributed by atoms with Gasteiger partial charge >= 0.3 is 0 Å². The van der Waals surface area contributed by atoms with E-state index >= 15 is 0 Å². The molecule has 5 heteroatoms. The zero-order chi connectivity index (χ0) is 14.9. The van der Waals surface area contributed by atoms with E-state index in [9.17, 15) is 9.90 Å². The summed E-state index contributed by atoms with van der Waals surface area (Å²) in [5.74, 6) is -0.265. The summed E-state index contributed by atoms with van der Waals surface area (Å²) in [6, 6.07) is 9.43. The molecule has 3 N–H and O–H groups in total. The van der Waals surface area contributed by atoms with Gasteiger partial charge in [-0.1, -0.05) is 35.9 Å². The van der Waals surface area contributed by atoms with Crippen LogP contribution in [-0.2, 0) is 12.0 Å². The molecule has 110 valence electrons. The summed E-state index contributed by atoms with van der Waals surface area (Å²) in [5.41, 5.74) is 1.47. The number of aromatic amines is 1. The summed E-state index contributed by atoms with van der Waals surface area (Å²) in [7, 11) is 0. The minimum atomic E-state index is -0.999. The monoisotopic (exact) mass is 304 g/mol. The fourth-order valence-corrected chi connectivity index (χ4v) is 3.07. The summed E-state index contributed by atoms with van der Waals surface area (Å²) in [6.07, 6.45) is 4.09. The first-order valence-corrected chi connectivity index (χ1v) is 7.39. The average molecular weight is 305 g/mol. The van der Waals surface area contributed by atoms with Gasteiger partial charge in [0.2, 0.25) is 0 Å². The molecule has 0 saturated carbocycles. The van der Waals surface area contributed by atoms with Crippen molar-refractivity contribution >= 4 is 17.5 Å². The third-order valence-corrected chi connectivity index (χ3v) is 4.21. The molecule has 0 aliphatic heterocycles. The van der Waals surface area contributed by atoms with Crippen LogP contribution in [0.2, 0.25) is 5.02 Å². The Morgan fingerprint density at radius 3 is 3.00 bits per heavy atom. The van der Waals surface area contributed by atoms with Crippen molar-refractivity contribution in [2.75, 3.05) is 6.54 Å². The second-order valence-corrected chi connectivity index (χ2v) is 5.89. The molecule has 21 heavy (non-hydrogen) atoms. The highest BCUT2D eigenvalue weighted by Gasteiger charge is 2.34. The van der Waals surface area contributed by atoms with Crippen molar-refractivity contribution < 1.29 is 9.90 Å². The van der Waals surface area contributed by atoms with Crippen LogP contribution in [0.1, 0.15) is 34.5 Å². The molecule has 0 fully saturated rings. The Morgan fingerprint density at radius 1 is 1.43 bits per heavy atom. The molecule has 0 spiro atoms. The smallest absolute Gasteiger partial charge is 0.267 e. The number of aliphatic hydroxyl groups is 1. The Labute approximate surface area is 128 Å². The number of hydrogen-bond acceptors (Lipinski definition) is 2. The van der Waals surface area contributed by atoms with Gasteiger partial charge in [0, 0.05) is 6.20 Å². The van der Waals surface area contributed by atoms with Gasteiger partial charge in [0.15, 0.2) is 0 Å². The number of halogens is 1. The highest BCUT2D eigenvalue weighted by Crippen LogP contribution is 2.34. The van der Waals surface area contributed by atoms with Gasteiger partial charge in [-0.15, -0.1) is 0 Å². The standard InChI is InChI=1S/C16H17ClN2O2/c17-12-8-14(18-9-12)15(20)19-10-16(21)7-3-5-11-4-1-2-6-13(11)16/h1-2,4,6,8-9,18,21H,3,5,7,10H2,(H,19,20). The third kappa shape index (κ3) is 2.82. The Bertz CT molecular complexity index is 668. The van der Waals surface area contributed by atoms with E-state index < -0.39 is 5.60 Å². The maximum absolute atomic E-state index is 12.0. The SMILES string of the molecule is O=C(NCC1(O)CCCc2ccccc21)c1cc(Cl)c[nH]1. The number of fused-ring (bicyclic) bond motifs is 1. The number of carbonyl (C=O) groups is 1. The van der Waals surface area contributed by atoms with Gasteiger partial charge < -0.3 is 15.4 Å². The Hall–Kier alpha value is -1.78. The van der Waals surface area contributed by atoms with E-state index in [2.05, 4.69) is 10.3 Å². The van der Waals surface area contributed by atoms with Crippen molar-refractivity contribution in [1.82, 2.24) is 10.3 Å². The quantitative estimate of drug-likeness (QED) is 0.816. The van der Waals surface area contributed by atoms with Gasteiger partial charge in [-0.3, -0.25) is 4.79 Å². The molecular formula is C16H17ClN2O2. The van der Waals surface area contributed by atoms with Crippen molar-refractivity contribution in [3.63, 3.8) is 0 Å². The Balaban J connectivity index is 1.74. The average Bonchev–Trinajstić information content (AvgIpc) is 2.92. The number of aryl methyl sites for hydroxylation is 1. The Morgan fingerprint density at radius 2 is 2.24 bits per heavy atom. The maximum atomic E-state index is 12.0. The summed E-state index contributed by atoms with van der Waals surface area (Å²) in [4.78, 5) is 14.8. The minimum Gasteiger partial charge on any atom is -0.383 e. The summed E-state index contributed by atoms with van der Waals surface area (Å²) in [5, 5.41) is 14.1. The molecular weight excluding hydrogens is 288 g/mol. The van der Waals surface area contributed by atoms with Crippen LogP contribution in [0.3, 0.4) is 0 Å². The topological polar surface area (TPSA) is 65.1 Å². The molecule has 3 rings (SSSR count). The molecule has 4 nitrogen and oxygen atoms in total. The van der Waals surface area contributed by atoms with Crippen molar-refractivity contribution in [1.29, 1.82) is 0 Å². The zero-order valence-corrected chi connectivity index (χ0v) is 12.3. The van der Waals surface area contributed by atoms with Crippen LogP contribution in [0.15, 0.2) is 36.5 Å². The second-order valence-electron chi connectivity index (χ2n) is 5.46. The molecule has 0 saturated heterocycles. The normalized spacial score (nSPS) is 20.9. The van der Waals surface area contributed by atoms with Crippen LogP contribution in [0, 0.1) is 0 Å². The van der Waals surface area contributed by atoms with Gasteiger partial charge in [0.05, 0.1) is 11.6 Å². The van der Waals surface area contributed by atoms with Crippen LogP contribution in [0.25, 0.3) is 0 Å². The number of carbonyl (C=O) groups excluding carboxylic acids is 1. The van der Waals surface area contributed by atoms with Crippen LogP contribution in [-0.4, -0.2) is 22.5 Å². The van der Waals surface area contributed by atoms with Gasteiger partial charge in [-0.05, 0) is 36.5 Å². The number of amides is 1. The van der Waals surface area contributed by atoms with E-state index in [-0.39, 0.29) is 12.5 Å². The molecule has 1 unspecified atom stereocenters. The number of nitrogens with one attached hydrogen (secondary N) is 2. The summed E-state index contributed by atoms with van der Waals surface area (Å²) < 4.78 is 0. The fraction of sp³-hybridized carbons (Fsp3) is 0.312. The first-order valence-electron chi connectivity index (χ1n) is 7.01. The number of rotatable bonds is 3. The summed E-state index contributed by atoms with van der Waals surface area (Å²) >= 11 is 5.79. The molecule has 1 aliphatic carbocycles. The lowest BCUT2D eigenvalue weighted by atomic mass is 9.79. The van der Waals surface area contributed by atoms with Gasteiger partial charge in [-0.2, -0.15) is 0 Å². The molecule has 1 heterocycles. The number of hydrogen-bond donors (Lipinski definition) is 3. The lowest BCUT2D eigenvalue weighted by molar-refractivity contribution is 0.0189. The van der Waals surface area contributed by atoms with Crippen LogP contribution < -0.4 is 5.32 Å². The number of benzene rings is 1. The fourth-order valence-electron chi connectivity index (χ4n) is 2.90. The first-order chi connectivity index (χ1) is 10.1. The Kier molecular flexibility index (Phi) is 3.74. The predicted octanol–water partition coefficient (Wildman–Crippen LogP) is 2.62. The maximum Gasteiger partial charge on any atom is 0.267 e. The van der Waals surface area contributed by atoms with E-state index in [1.165, 1.54) is 0 Å². The minimum absolute atomic E-state index is 0.194. The van der Waals surface area contributed by atoms with E-state index in [4.69, 9.17) is 11.6 Å². The van der Waals surface area contributed by atoms with Crippen molar-refractivity contribution in [2.45, 2.75) is 24.9 Å². The van der Waals surface area contributed by atoms with Crippen molar-refractivity contribution in [2.24, 2.45) is 0 Å². The number of H-pyrrole nitrogens is 1. The van der Waals surface area contributed by atoms with E-state index in [0.29, 0.717) is 17.1 Å². The molecule has 1 aromatic heterocycles. The molecule has 1 aromatic carbocycles. The molecule has 2 aromatic rings. The highest BCUT2D eigenvalue weighted by molar-refractivity contribution is 6.30. The molecule has 1 amide bonds. The van der Waals surface area contributed by atoms with Crippen molar-refractivity contribution in [3.8, 4) is 0 Å². The predicted molar refractivity (Wildman–Crippen MR) is 81.4 cm³/mol. The molecule has 0 radical (unpaired) electrons. The number of aromatic nitrogens is 1. The summed E-state index contributed by atoms with van der Waals surface area (Å²) in [6.45, 7) is 0.194. The van der Waals surface area contributed by atoms with Crippen LogP contribution in [0.5, 0.6) is 0 Å². The second kappa shape index (κ2) is 5.54. The van der Waals surface area contributed by atoms with Gasteiger partial charge in [-0.25, -0.2) is 0 Å². The molecule has 1 atom stereocenters. The van der Waals surface area contributed by atoms with E-state index in [1.54, 1.807) is 12.3 Å². The third-order valence-electron chi connectivity index (χ3n) is 3.99. The van der Waals surface area contributed by atoms with Gasteiger partial charge in [0.25, 0.3) is 5.91 Å². The molecule has 0 bridgehead atoms.